The molecule has 25 heavy (non-hydrogen) atoms. The second kappa shape index (κ2) is 7.77. The van der Waals surface area contributed by atoms with Crippen LogP contribution in [0.2, 0.25) is 0 Å². The van der Waals surface area contributed by atoms with Crippen molar-refractivity contribution in [3.05, 3.63) is 22.7 Å². The number of rotatable bonds is 6. The molecule has 0 spiro atoms. The van der Waals surface area contributed by atoms with Crippen LogP contribution < -0.4 is 5.32 Å². The van der Waals surface area contributed by atoms with Crippen LogP contribution in [0.1, 0.15) is 50.8 Å². The van der Waals surface area contributed by atoms with Crippen molar-refractivity contribution in [2.24, 2.45) is 0 Å². The first-order valence-electron chi connectivity index (χ1n) is 8.48. The number of aliphatic carboxylic acids is 1. The molecule has 0 aromatic carbocycles. The highest BCUT2D eigenvalue weighted by atomic mass is 32.1. The summed E-state index contributed by atoms with van der Waals surface area (Å²) in [5.74, 6) is -0.427. The largest absolute Gasteiger partial charge is 0.480 e. The smallest absolute Gasteiger partial charge is 0.329 e. The van der Waals surface area contributed by atoms with Crippen molar-refractivity contribution in [1.82, 2.24) is 15.5 Å². The van der Waals surface area contributed by atoms with Gasteiger partial charge in [0.2, 0.25) is 17.7 Å². The van der Waals surface area contributed by atoms with E-state index in [4.69, 9.17) is 4.42 Å². The lowest BCUT2D eigenvalue weighted by Gasteiger charge is -2.29. The van der Waals surface area contributed by atoms with Gasteiger partial charge in [-0.2, -0.15) is 11.3 Å². The minimum Gasteiger partial charge on any atom is -0.480 e. The molecule has 8 heteroatoms. The van der Waals surface area contributed by atoms with Crippen LogP contribution in [-0.4, -0.2) is 32.7 Å². The number of aromatic nitrogens is 2. The second-order valence-electron chi connectivity index (χ2n) is 6.36. The quantitative estimate of drug-likeness (QED) is 0.764. The normalized spacial score (nSPS) is 17.0. The topological polar surface area (TPSA) is 105 Å². The Kier molecular flexibility index (Phi) is 5.47. The Morgan fingerprint density at radius 3 is 2.64 bits per heavy atom. The van der Waals surface area contributed by atoms with Gasteiger partial charge in [-0.3, -0.25) is 4.79 Å². The van der Waals surface area contributed by atoms with Gasteiger partial charge in [-0.15, -0.1) is 10.2 Å². The first-order valence-corrected chi connectivity index (χ1v) is 9.43. The number of hydrogen-bond acceptors (Lipinski definition) is 6. The average Bonchev–Trinajstić information content (AvgIpc) is 3.22. The zero-order chi connectivity index (χ0) is 17.7. The maximum absolute atomic E-state index is 12.3. The molecule has 0 saturated heterocycles. The maximum Gasteiger partial charge on any atom is 0.329 e. The minimum atomic E-state index is -1.13. The molecule has 2 heterocycles. The van der Waals surface area contributed by atoms with E-state index in [1.165, 1.54) is 11.3 Å². The van der Waals surface area contributed by atoms with E-state index in [1.807, 2.05) is 16.8 Å². The molecule has 1 fully saturated rings. The van der Waals surface area contributed by atoms with Gasteiger partial charge in [0.15, 0.2) is 0 Å². The average molecular weight is 363 g/mol. The Morgan fingerprint density at radius 1 is 1.24 bits per heavy atom. The van der Waals surface area contributed by atoms with E-state index in [0.717, 1.165) is 31.2 Å². The van der Waals surface area contributed by atoms with Crippen molar-refractivity contribution < 1.29 is 19.1 Å². The highest BCUT2D eigenvalue weighted by molar-refractivity contribution is 7.08. The summed E-state index contributed by atoms with van der Waals surface area (Å²) < 4.78 is 5.55. The van der Waals surface area contributed by atoms with E-state index in [-0.39, 0.29) is 12.3 Å². The number of thiophene rings is 1. The lowest BCUT2D eigenvalue weighted by Crippen LogP contribution is -2.54. The summed E-state index contributed by atoms with van der Waals surface area (Å²) in [6, 6.07) is 1.89. The molecule has 3 rings (SSSR count). The predicted molar refractivity (Wildman–Crippen MR) is 92.1 cm³/mol. The van der Waals surface area contributed by atoms with Crippen molar-refractivity contribution in [3.63, 3.8) is 0 Å². The van der Waals surface area contributed by atoms with Crippen LogP contribution in [-0.2, 0) is 16.0 Å². The molecular formula is C17H21N3O4S. The van der Waals surface area contributed by atoms with Crippen molar-refractivity contribution in [1.29, 1.82) is 0 Å². The number of carbonyl (C=O) groups excluding carboxylic acids is 1. The molecule has 0 unspecified atom stereocenters. The molecule has 7 nitrogen and oxygen atoms in total. The fourth-order valence-electron chi connectivity index (χ4n) is 3.13. The fraction of sp³-hybridized carbons (Fsp3) is 0.529. The van der Waals surface area contributed by atoms with Gasteiger partial charge < -0.3 is 14.8 Å². The monoisotopic (exact) mass is 363 g/mol. The predicted octanol–water partition coefficient (Wildman–Crippen LogP) is 3.02. The van der Waals surface area contributed by atoms with Gasteiger partial charge in [0, 0.05) is 23.8 Å². The van der Waals surface area contributed by atoms with Gasteiger partial charge >= 0.3 is 5.97 Å². The van der Waals surface area contributed by atoms with E-state index in [1.54, 1.807) is 0 Å². The zero-order valence-electron chi connectivity index (χ0n) is 13.9. The first-order chi connectivity index (χ1) is 12.1. The number of nitrogens with zero attached hydrogens (tertiary/aromatic N) is 2. The molecule has 1 saturated carbocycles. The number of hydrogen-bond donors (Lipinski definition) is 2. The Bertz CT molecular complexity index is 718. The van der Waals surface area contributed by atoms with E-state index in [2.05, 4.69) is 15.5 Å². The number of carbonyl (C=O) groups is 2. The molecule has 0 atom stereocenters. The van der Waals surface area contributed by atoms with Crippen molar-refractivity contribution in [3.8, 4) is 11.5 Å². The lowest BCUT2D eigenvalue weighted by molar-refractivity contribution is -0.148. The maximum atomic E-state index is 12.3. The van der Waals surface area contributed by atoms with E-state index >= 15 is 0 Å². The van der Waals surface area contributed by atoms with Crippen molar-refractivity contribution in [2.45, 2.75) is 56.9 Å². The molecule has 2 N–H and O–H groups in total. The van der Waals surface area contributed by atoms with Crippen molar-refractivity contribution >= 4 is 23.2 Å². The number of carboxylic acid groups (broad SMARTS) is 1. The second-order valence-corrected chi connectivity index (χ2v) is 7.14. The highest BCUT2D eigenvalue weighted by Crippen LogP contribution is 2.28. The SMILES string of the molecule is O=C(CCc1nnc(-c2ccsc2)o1)NC1(C(=O)O)CCCCCC1. The summed E-state index contributed by atoms with van der Waals surface area (Å²) in [4.78, 5) is 24.0. The van der Waals surface area contributed by atoms with Gasteiger partial charge in [0.25, 0.3) is 0 Å². The summed E-state index contributed by atoms with van der Waals surface area (Å²) >= 11 is 1.54. The summed E-state index contributed by atoms with van der Waals surface area (Å²) in [7, 11) is 0. The van der Waals surface area contributed by atoms with Gasteiger partial charge in [-0.25, -0.2) is 4.79 Å². The number of nitrogens with one attached hydrogen (secondary N) is 1. The minimum absolute atomic E-state index is 0.125. The Hall–Kier alpha value is -2.22. The Balaban J connectivity index is 1.57. The first kappa shape index (κ1) is 17.6. The van der Waals surface area contributed by atoms with E-state index in [0.29, 0.717) is 31.0 Å². The van der Waals surface area contributed by atoms with E-state index < -0.39 is 11.5 Å². The van der Waals surface area contributed by atoms with Crippen LogP contribution in [0.25, 0.3) is 11.5 Å². The van der Waals surface area contributed by atoms with Crippen molar-refractivity contribution in [2.75, 3.05) is 0 Å². The molecule has 1 aliphatic carbocycles. The number of carboxylic acids is 1. The third-order valence-corrected chi connectivity index (χ3v) is 5.23. The van der Waals surface area contributed by atoms with Crippen LogP contribution >= 0.6 is 11.3 Å². The van der Waals surface area contributed by atoms with Crippen LogP contribution in [0.3, 0.4) is 0 Å². The van der Waals surface area contributed by atoms with Gasteiger partial charge in [-0.1, -0.05) is 25.7 Å². The molecule has 2 aromatic rings. The molecular weight excluding hydrogens is 342 g/mol. The molecule has 2 aromatic heterocycles. The van der Waals surface area contributed by atoms with Crippen LogP contribution in [0, 0.1) is 0 Å². The van der Waals surface area contributed by atoms with Crippen LogP contribution in [0.4, 0.5) is 0 Å². The Morgan fingerprint density at radius 2 is 2.00 bits per heavy atom. The molecule has 0 radical (unpaired) electrons. The van der Waals surface area contributed by atoms with E-state index in [9.17, 15) is 14.7 Å². The molecule has 0 bridgehead atoms. The number of amides is 1. The third-order valence-electron chi connectivity index (χ3n) is 4.55. The Labute approximate surface area is 149 Å². The summed E-state index contributed by atoms with van der Waals surface area (Å²) in [5.41, 5.74) is -0.277. The zero-order valence-corrected chi connectivity index (χ0v) is 14.7. The molecule has 1 amide bonds. The molecule has 1 aliphatic rings. The van der Waals surface area contributed by atoms with Gasteiger partial charge in [-0.05, 0) is 24.3 Å². The molecule has 0 aliphatic heterocycles. The molecule has 134 valence electrons. The summed E-state index contributed by atoms with van der Waals surface area (Å²) in [5, 5.41) is 24.1. The van der Waals surface area contributed by atoms with Gasteiger partial charge in [0.1, 0.15) is 5.54 Å². The third kappa shape index (κ3) is 4.25. The van der Waals surface area contributed by atoms with Gasteiger partial charge in [0.05, 0.1) is 0 Å². The lowest BCUT2D eigenvalue weighted by atomic mass is 9.90. The van der Waals surface area contributed by atoms with Crippen LogP contribution in [0.5, 0.6) is 0 Å². The standard InChI is InChI=1S/C17H21N3O4S/c21-13(18-17(16(22)23)8-3-1-2-4-9-17)5-6-14-19-20-15(24-14)12-7-10-25-11-12/h7,10-11H,1-6,8-9H2,(H,18,21)(H,22,23). The fourth-order valence-corrected chi connectivity index (χ4v) is 3.76. The summed E-state index contributed by atoms with van der Waals surface area (Å²) in [6.45, 7) is 0. The number of aryl methyl sites for hydroxylation is 1. The summed E-state index contributed by atoms with van der Waals surface area (Å²) in [6.07, 6.45) is 5.05. The van der Waals surface area contributed by atoms with Crippen LogP contribution in [0.15, 0.2) is 21.2 Å². The highest BCUT2D eigenvalue weighted by Gasteiger charge is 2.39.